The number of methoxy groups -OCH3 is 2. The summed E-state index contributed by atoms with van der Waals surface area (Å²) in [6, 6.07) is 0. The summed E-state index contributed by atoms with van der Waals surface area (Å²) in [5.74, 6) is 0.128. The molecule has 1 heterocycles. The quantitative estimate of drug-likeness (QED) is 0.687. The van der Waals surface area contributed by atoms with Gasteiger partial charge in [0.15, 0.2) is 5.69 Å². The molecule has 0 bridgehead atoms. The molecular formula is C12H21N3O3. The van der Waals surface area contributed by atoms with Crippen LogP contribution in [-0.4, -0.2) is 41.8 Å². The van der Waals surface area contributed by atoms with Crippen LogP contribution in [0.1, 0.15) is 36.5 Å². The summed E-state index contributed by atoms with van der Waals surface area (Å²) in [5.41, 5.74) is 1.07. The first-order chi connectivity index (χ1) is 8.60. The first-order valence-corrected chi connectivity index (χ1v) is 6.09. The minimum absolute atomic E-state index is 0.290. The fourth-order valence-corrected chi connectivity index (χ4v) is 1.59. The van der Waals surface area contributed by atoms with Crippen LogP contribution in [0.2, 0.25) is 0 Å². The van der Waals surface area contributed by atoms with Crippen LogP contribution in [0.4, 0.5) is 0 Å². The van der Waals surface area contributed by atoms with E-state index in [9.17, 15) is 4.79 Å². The number of carbonyl (C=O) groups excluding carboxylic acids is 1. The molecule has 0 saturated heterocycles. The third kappa shape index (κ3) is 3.80. The highest BCUT2D eigenvalue weighted by molar-refractivity contribution is 5.88. The second kappa shape index (κ2) is 7.10. The van der Waals surface area contributed by atoms with Gasteiger partial charge in [0, 0.05) is 20.1 Å². The van der Waals surface area contributed by atoms with Gasteiger partial charge in [-0.1, -0.05) is 19.1 Å². The van der Waals surface area contributed by atoms with Gasteiger partial charge in [-0.25, -0.2) is 9.48 Å². The largest absolute Gasteiger partial charge is 0.464 e. The Bertz CT molecular complexity index is 388. The Morgan fingerprint density at radius 1 is 1.39 bits per heavy atom. The van der Waals surface area contributed by atoms with Crippen molar-refractivity contribution in [1.29, 1.82) is 0 Å². The summed E-state index contributed by atoms with van der Waals surface area (Å²) in [5, 5.41) is 7.92. The number of aromatic nitrogens is 3. The number of hydrogen-bond donors (Lipinski definition) is 0. The average molecular weight is 255 g/mol. The number of esters is 1. The van der Waals surface area contributed by atoms with Crippen molar-refractivity contribution in [3.05, 3.63) is 11.4 Å². The van der Waals surface area contributed by atoms with E-state index in [1.165, 1.54) is 7.11 Å². The monoisotopic (exact) mass is 255 g/mol. The molecule has 0 radical (unpaired) electrons. The summed E-state index contributed by atoms with van der Waals surface area (Å²) < 4.78 is 11.5. The van der Waals surface area contributed by atoms with E-state index >= 15 is 0 Å². The molecule has 1 aromatic rings. The molecule has 0 amide bonds. The van der Waals surface area contributed by atoms with E-state index in [1.807, 2.05) is 0 Å². The van der Waals surface area contributed by atoms with Crippen LogP contribution < -0.4 is 0 Å². The van der Waals surface area contributed by atoms with E-state index < -0.39 is 5.97 Å². The van der Waals surface area contributed by atoms with Crippen molar-refractivity contribution in [2.75, 3.05) is 20.8 Å². The molecule has 6 heteroatoms. The maximum atomic E-state index is 11.6. The zero-order valence-corrected chi connectivity index (χ0v) is 11.5. The maximum absolute atomic E-state index is 11.6. The Morgan fingerprint density at radius 3 is 2.67 bits per heavy atom. The molecule has 0 fully saturated rings. The number of hydrogen-bond acceptors (Lipinski definition) is 5. The SMILES string of the molecule is COCCc1c(C(=O)OC)nnn1CCC(C)C. The van der Waals surface area contributed by atoms with Crippen LogP contribution in [-0.2, 0) is 22.4 Å². The van der Waals surface area contributed by atoms with Gasteiger partial charge in [-0.05, 0) is 12.3 Å². The minimum atomic E-state index is -0.447. The summed E-state index contributed by atoms with van der Waals surface area (Å²) in [4.78, 5) is 11.6. The Hall–Kier alpha value is -1.43. The number of ether oxygens (including phenoxy) is 2. The van der Waals surface area contributed by atoms with Crippen molar-refractivity contribution in [3.63, 3.8) is 0 Å². The van der Waals surface area contributed by atoms with Crippen molar-refractivity contribution in [2.24, 2.45) is 5.92 Å². The van der Waals surface area contributed by atoms with Crippen molar-refractivity contribution >= 4 is 5.97 Å². The second-order valence-corrected chi connectivity index (χ2v) is 4.52. The van der Waals surface area contributed by atoms with Crippen molar-refractivity contribution in [1.82, 2.24) is 15.0 Å². The Balaban J connectivity index is 2.88. The summed E-state index contributed by atoms with van der Waals surface area (Å²) >= 11 is 0. The fraction of sp³-hybridized carbons (Fsp3) is 0.750. The number of nitrogens with zero attached hydrogens (tertiary/aromatic N) is 3. The van der Waals surface area contributed by atoms with E-state index in [4.69, 9.17) is 9.47 Å². The lowest BCUT2D eigenvalue weighted by atomic mass is 10.1. The highest BCUT2D eigenvalue weighted by Gasteiger charge is 2.19. The van der Waals surface area contributed by atoms with E-state index in [1.54, 1.807) is 11.8 Å². The summed E-state index contributed by atoms with van der Waals surface area (Å²) in [6.45, 7) is 5.57. The summed E-state index contributed by atoms with van der Waals surface area (Å²) in [6.07, 6.45) is 1.59. The minimum Gasteiger partial charge on any atom is -0.464 e. The molecule has 0 aromatic carbocycles. The topological polar surface area (TPSA) is 66.2 Å². The van der Waals surface area contributed by atoms with Gasteiger partial charge in [-0.15, -0.1) is 5.10 Å². The second-order valence-electron chi connectivity index (χ2n) is 4.52. The lowest BCUT2D eigenvalue weighted by Gasteiger charge is -2.08. The smallest absolute Gasteiger partial charge is 0.360 e. The van der Waals surface area contributed by atoms with Crippen LogP contribution in [0.3, 0.4) is 0 Å². The van der Waals surface area contributed by atoms with Gasteiger partial charge in [0.1, 0.15) is 0 Å². The molecule has 1 aromatic heterocycles. The summed E-state index contributed by atoms with van der Waals surface area (Å²) in [7, 11) is 2.97. The molecule has 18 heavy (non-hydrogen) atoms. The van der Waals surface area contributed by atoms with Gasteiger partial charge in [-0.3, -0.25) is 0 Å². The van der Waals surface area contributed by atoms with Crippen molar-refractivity contribution in [3.8, 4) is 0 Å². The van der Waals surface area contributed by atoms with Gasteiger partial charge in [0.25, 0.3) is 0 Å². The normalized spacial score (nSPS) is 10.9. The van der Waals surface area contributed by atoms with E-state index in [0.717, 1.165) is 18.7 Å². The molecule has 0 aliphatic heterocycles. The molecule has 0 spiro atoms. The molecule has 6 nitrogen and oxygen atoms in total. The van der Waals surface area contributed by atoms with E-state index in [0.29, 0.717) is 24.6 Å². The van der Waals surface area contributed by atoms with E-state index in [2.05, 4.69) is 24.2 Å². The molecule has 1 rings (SSSR count). The predicted molar refractivity (Wildman–Crippen MR) is 66.4 cm³/mol. The van der Waals surface area contributed by atoms with Crippen molar-refractivity contribution < 1.29 is 14.3 Å². The van der Waals surface area contributed by atoms with Crippen LogP contribution in [0.25, 0.3) is 0 Å². The van der Waals surface area contributed by atoms with Crippen LogP contribution in [0.15, 0.2) is 0 Å². The third-order valence-electron chi connectivity index (χ3n) is 2.68. The van der Waals surface area contributed by atoms with Crippen LogP contribution in [0.5, 0.6) is 0 Å². The standard InChI is InChI=1S/C12H21N3O3/c1-9(2)5-7-15-10(6-8-17-3)11(13-14-15)12(16)18-4/h9H,5-8H2,1-4H3. The maximum Gasteiger partial charge on any atom is 0.360 e. The van der Waals surface area contributed by atoms with Gasteiger partial charge < -0.3 is 9.47 Å². The Morgan fingerprint density at radius 2 is 2.11 bits per heavy atom. The highest BCUT2D eigenvalue weighted by Crippen LogP contribution is 2.11. The Kier molecular flexibility index (Phi) is 5.77. The zero-order chi connectivity index (χ0) is 13.5. The molecule has 0 aliphatic carbocycles. The molecule has 0 saturated carbocycles. The third-order valence-corrected chi connectivity index (χ3v) is 2.68. The van der Waals surface area contributed by atoms with Crippen LogP contribution in [0, 0.1) is 5.92 Å². The van der Waals surface area contributed by atoms with Gasteiger partial charge in [0.05, 0.1) is 19.4 Å². The number of aryl methyl sites for hydroxylation is 1. The van der Waals surface area contributed by atoms with Gasteiger partial charge in [-0.2, -0.15) is 0 Å². The van der Waals surface area contributed by atoms with E-state index in [-0.39, 0.29) is 0 Å². The molecule has 0 atom stereocenters. The average Bonchev–Trinajstić information content (AvgIpc) is 2.75. The van der Waals surface area contributed by atoms with Crippen molar-refractivity contribution in [2.45, 2.75) is 33.2 Å². The zero-order valence-electron chi connectivity index (χ0n) is 11.5. The molecular weight excluding hydrogens is 234 g/mol. The Labute approximate surface area is 107 Å². The van der Waals surface area contributed by atoms with Crippen LogP contribution >= 0.6 is 0 Å². The highest BCUT2D eigenvalue weighted by atomic mass is 16.5. The number of rotatable bonds is 7. The van der Waals surface area contributed by atoms with Gasteiger partial charge in [0.2, 0.25) is 0 Å². The van der Waals surface area contributed by atoms with Gasteiger partial charge >= 0.3 is 5.97 Å². The lowest BCUT2D eigenvalue weighted by molar-refractivity contribution is 0.0592. The molecule has 0 unspecified atom stereocenters. The molecule has 102 valence electrons. The lowest BCUT2D eigenvalue weighted by Crippen LogP contribution is -2.13. The fourth-order valence-electron chi connectivity index (χ4n) is 1.59. The number of carbonyl (C=O) groups is 1. The predicted octanol–water partition coefficient (Wildman–Crippen LogP) is 1.30. The first-order valence-electron chi connectivity index (χ1n) is 6.09. The molecule has 0 N–H and O–H groups in total. The first kappa shape index (κ1) is 14.6. The molecule has 0 aliphatic rings.